The zero-order valence-corrected chi connectivity index (χ0v) is 12.4. The standard InChI is InChI=1S/C15H23NO2S/c1-11(2)8-14(15(17)18)16-13(10-19)9-12-6-4-3-5-7-12/h3-7,11,13-14,16,19H,8-10H2,1-2H3,(H,17,18)/t13-,14+/m1/s1. The smallest absolute Gasteiger partial charge is 0.320 e. The minimum absolute atomic E-state index is 0.0746. The van der Waals surface area contributed by atoms with Crippen molar-refractivity contribution in [2.45, 2.75) is 38.8 Å². The van der Waals surface area contributed by atoms with Crippen LogP contribution in [0.5, 0.6) is 0 Å². The maximum atomic E-state index is 11.3. The van der Waals surface area contributed by atoms with Crippen LogP contribution in [-0.2, 0) is 11.2 Å². The lowest BCUT2D eigenvalue weighted by Crippen LogP contribution is -2.46. The molecule has 0 saturated carbocycles. The van der Waals surface area contributed by atoms with Crippen LogP contribution in [0.25, 0.3) is 0 Å². The van der Waals surface area contributed by atoms with Crippen molar-refractivity contribution in [1.82, 2.24) is 5.32 Å². The molecule has 106 valence electrons. The summed E-state index contributed by atoms with van der Waals surface area (Å²) in [6.07, 6.45) is 1.43. The summed E-state index contributed by atoms with van der Waals surface area (Å²) in [4.78, 5) is 11.3. The van der Waals surface area contributed by atoms with E-state index in [1.807, 2.05) is 32.0 Å². The Morgan fingerprint density at radius 3 is 2.42 bits per heavy atom. The normalized spacial score (nSPS) is 14.3. The molecule has 3 nitrogen and oxygen atoms in total. The molecule has 19 heavy (non-hydrogen) atoms. The maximum Gasteiger partial charge on any atom is 0.320 e. The Balaban J connectivity index is 2.61. The number of benzene rings is 1. The van der Waals surface area contributed by atoms with Crippen molar-refractivity contribution in [3.63, 3.8) is 0 Å². The molecule has 0 unspecified atom stereocenters. The van der Waals surface area contributed by atoms with E-state index in [0.717, 1.165) is 6.42 Å². The van der Waals surface area contributed by atoms with Crippen molar-refractivity contribution < 1.29 is 9.90 Å². The highest BCUT2D eigenvalue weighted by atomic mass is 32.1. The predicted octanol–water partition coefficient (Wildman–Crippen LogP) is 2.62. The first-order chi connectivity index (χ1) is 9.02. The van der Waals surface area contributed by atoms with Crippen LogP contribution in [0.3, 0.4) is 0 Å². The molecule has 2 N–H and O–H groups in total. The average Bonchev–Trinajstić information content (AvgIpc) is 2.37. The number of carboxylic acids is 1. The van der Waals surface area contributed by atoms with Crippen molar-refractivity contribution in [2.24, 2.45) is 5.92 Å². The molecule has 0 aliphatic heterocycles. The van der Waals surface area contributed by atoms with Crippen LogP contribution >= 0.6 is 12.6 Å². The third-order valence-corrected chi connectivity index (χ3v) is 3.43. The molecule has 0 saturated heterocycles. The maximum absolute atomic E-state index is 11.3. The highest BCUT2D eigenvalue weighted by Crippen LogP contribution is 2.09. The van der Waals surface area contributed by atoms with E-state index in [1.54, 1.807) is 0 Å². The molecule has 0 aliphatic carbocycles. The number of hydrogen-bond donors (Lipinski definition) is 3. The monoisotopic (exact) mass is 281 g/mol. The third kappa shape index (κ3) is 6.12. The van der Waals surface area contributed by atoms with Crippen LogP contribution in [0.4, 0.5) is 0 Å². The molecule has 0 radical (unpaired) electrons. The van der Waals surface area contributed by atoms with Gasteiger partial charge in [-0.05, 0) is 24.3 Å². The molecule has 0 aliphatic rings. The zero-order chi connectivity index (χ0) is 14.3. The van der Waals surface area contributed by atoms with Gasteiger partial charge >= 0.3 is 5.97 Å². The van der Waals surface area contributed by atoms with Crippen molar-refractivity contribution in [3.05, 3.63) is 35.9 Å². The molecule has 1 aromatic carbocycles. The van der Waals surface area contributed by atoms with Crippen LogP contribution in [0.2, 0.25) is 0 Å². The fourth-order valence-electron chi connectivity index (χ4n) is 2.07. The Bertz CT molecular complexity index is 381. The van der Waals surface area contributed by atoms with Crippen molar-refractivity contribution >= 4 is 18.6 Å². The van der Waals surface area contributed by atoms with Crippen LogP contribution < -0.4 is 5.32 Å². The van der Waals surface area contributed by atoms with Gasteiger partial charge in [0.25, 0.3) is 0 Å². The minimum atomic E-state index is -0.784. The Hall–Kier alpha value is -1.00. The summed E-state index contributed by atoms with van der Waals surface area (Å²) in [5.41, 5.74) is 1.20. The molecule has 0 aromatic heterocycles. The molecule has 0 spiro atoms. The number of aliphatic carboxylic acids is 1. The molecule has 1 rings (SSSR count). The summed E-state index contributed by atoms with van der Waals surface area (Å²) < 4.78 is 0. The summed E-state index contributed by atoms with van der Waals surface area (Å²) in [6, 6.07) is 9.64. The lowest BCUT2D eigenvalue weighted by Gasteiger charge is -2.23. The Morgan fingerprint density at radius 2 is 1.95 bits per heavy atom. The summed E-state index contributed by atoms with van der Waals surface area (Å²) >= 11 is 4.32. The molecular weight excluding hydrogens is 258 g/mol. The topological polar surface area (TPSA) is 49.3 Å². The van der Waals surface area contributed by atoms with Crippen LogP contribution in [0.15, 0.2) is 30.3 Å². The van der Waals surface area contributed by atoms with Gasteiger partial charge in [-0.25, -0.2) is 0 Å². The van der Waals surface area contributed by atoms with Crippen LogP contribution in [0, 0.1) is 5.92 Å². The van der Waals surface area contributed by atoms with E-state index in [2.05, 4.69) is 30.1 Å². The molecule has 0 heterocycles. The second kappa shape index (κ2) is 8.23. The number of carboxylic acid groups (broad SMARTS) is 1. The molecular formula is C15H23NO2S. The quantitative estimate of drug-likeness (QED) is 0.642. The number of rotatable bonds is 8. The van der Waals surface area contributed by atoms with E-state index < -0.39 is 12.0 Å². The fourth-order valence-corrected chi connectivity index (χ4v) is 2.31. The van der Waals surface area contributed by atoms with Gasteiger partial charge in [0.05, 0.1) is 0 Å². The van der Waals surface area contributed by atoms with Gasteiger partial charge in [-0.1, -0.05) is 44.2 Å². The second-order valence-corrected chi connectivity index (χ2v) is 5.62. The molecule has 2 atom stereocenters. The van der Waals surface area contributed by atoms with Gasteiger partial charge < -0.3 is 10.4 Å². The minimum Gasteiger partial charge on any atom is -0.480 e. The van der Waals surface area contributed by atoms with E-state index >= 15 is 0 Å². The number of carbonyl (C=O) groups is 1. The first-order valence-corrected chi connectivity index (χ1v) is 7.29. The Morgan fingerprint density at radius 1 is 1.32 bits per heavy atom. The number of hydrogen-bond acceptors (Lipinski definition) is 3. The number of thiol groups is 1. The molecule has 4 heteroatoms. The van der Waals surface area contributed by atoms with E-state index in [4.69, 9.17) is 0 Å². The van der Waals surface area contributed by atoms with Gasteiger partial charge in [0.1, 0.15) is 6.04 Å². The zero-order valence-electron chi connectivity index (χ0n) is 11.5. The van der Waals surface area contributed by atoms with Gasteiger partial charge in [-0.2, -0.15) is 12.6 Å². The van der Waals surface area contributed by atoms with E-state index in [1.165, 1.54) is 5.56 Å². The SMILES string of the molecule is CC(C)C[C@H](N[C@@H](CS)Cc1ccccc1)C(=O)O. The van der Waals surface area contributed by atoms with Gasteiger partial charge in [0.2, 0.25) is 0 Å². The summed E-state index contributed by atoms with van der Waals surface area (Å²) in [5, 5.41) is 12.5. The summed E-state index contributed by atoms with van der Waals surface area (Å²) in [7, 11) is 0. The van der Waals surface area contributed by atoms with E-state index in [9.17, 15) is 9.90 Å². The number of nitrogens with one attached hydrogen (secondary N) is 1. The molecule has 0 fully saturated rings. The van der Waals surface area contributed by atoms with Crippen molar-refractivity contribution in [2.75, 3.05) is 5.75 Å². The van der Waals surface area contributed by atoms with Crippen LogP contribution in [0.1, 0.15) is 25.8 Å². The van der Waals surface area contributed by atoms with Crippen molar-refractivity contribution in [1.29, 1.82) is 0 Å². The van der Waals surface area contributed by atoms with Gasteiger partial charge in [-0.3, -0.25) is 4.79 Å². The molecule has 0 bridgehead atoms. The summed E-state index contributed by atoms with van der Waals surface area (Å²) in [6.45, 7) is 4.06. The molecule has 0 amide bonds. The largest absolute Gasteiger partial charge is 0.480 e. The van der Waals surface area contributed by atoms with Gasteiger partial charge in [0.15, 0.2) is 0 Å². The first-order valence-electron chi connectivity index (χ1n) is 6.66. The fraction of sp³-hybridized carbons (Fsp3) is 0.533. The van der Waals surface area contributed by atoms with E-state index in [-0.39, 0.29) is 6.04 Å². The van der Waals surface area contributed by atoms with Crippen molar-refractivity contribution in [3.8, 4) is 0 Å². The second-order valence-electron chi connectivity index (χ2n) is 5.26. The first kappa shape index (κ1) is 16.1. The lowest BCUT2D eigenvalue weighted by molar-refractivity contribution is -0.140. The lowest BCUT2D eigenvalue weighted by atomic mass is 10.0. The predicted molar refractivity (Wildman–Crippen MR) is 81.8 cm³/mol. The third-order valence-electron chi connectivity index (χ3n) is 2.99. The highest BCUT2D eigenvalue weighted by molar-refractivity contribution is 7.80. The van der Waals surface area contributed by atoms with Gasteiger partial charge in [-0.15, -0.1) is 0 Å². The average molecular weight is 281 g/mol. The Kier molecular flexibility index (Phi) is 6.95. The summed E-state index contributed by atoms with van der Waals surface area (Å²) in [5.74, 6) is 0.191. The van der Waals surface area contributed by atoms with E-state index in [0.29, 0.717) is 18.1 Å². The van der Waals surface area contributed by atoms with Gasteiger partial charge in [0, 0.05) is 11.8 Å². The van der Waals surface area contributed by atoms with Crippen LogP contribution in [-0.4, -0.2) is 28.9 Å². The highest BCUT2D eigenvalue weighted by Gasteiger charge is 2.22. The molecule has 1 aromatic rings. The Labute approximate surface area is 120 Å².